The molecule has 0 fully saturated rings. The number of hydrogen-bond donors (Lipinski definition) is 2. The van der Waals surface area contributed by atoms with Crippen molar-refractivity contribution < 1.29 is 18.8 Å². The standard InChI is InChI=1S/C16H19N3O4/c1-4-14(16(21)18-15-9-10(2)23-19-15)22-13-7-5-12(6-8-13)17-11(3)20/h5-9,14H,4H2,1-3H3,(H,17,20)(H,18,19,21)/t14-/m1/s1. The van der Waals surface area contributed by atoms with Crippen LogP contribution in [0.4, 0.5) is 11.5 Å². The molecule has 0 aliphatic carbocycles. The third kappa shape index (κ3) is 4.84. The normalized spacial score (nSPS) is 11.6. The second-order valence-corrected chi connectivity index (χ2v) is 5.03. The van der Waals surface area contributed by atoms with Crippen LogP contribution in [0.25, 0.3) is 0 Å². The van der Waals surface area contributed by atoms with Gasteiger partial charge in [0, 0.05) is 18.7 Å². The molecular weight excluding hydrogens is 298 g/mol. The average Bonchev–Trinajstić information content (AvgIpc) is 2.91. The van der Waals surface area contributed by atoms with Gasteiger partial charge < -0.3 is 19.9 Å². The van der Waals surface area contributed by atoms with Gasteiger partial charge in [-0.05, 0) is 37.6 Å². The highest BCUT2D eigenvalue weighted by atomic mass is 16.5. The summed E-state index contributed by atoms with van der Waals surface area (Å²) in [5.41, 5.74) is 0.667. The van der Waals surface area contributed by atoms with Crippen molar-refractivity contribution in [2.45, 2.75) is 33.3 Å². The predicted octanol–water partition coefficient (Wildman–Crippen LogP) is 2.74. The highest BCUT2D eigenvalue weighted by Crippen LogP contribution is 2.18. The number of nitrogens with one attached hydrogen (secondary N) is 2. The lowest BCUT2D eigenvalue weighted by Crippen LogP contribution is -2.32. The van der Waals surface area contributed by atoms with Crippen LogP contribution in [-0.2, 0) is 9.59 Å². The largest absolute Gasteiger partial charge is 0.481 e. The monoisotopic (exact) mass is 317 g/mol. The number of ether oxygens (including phenoxy) is 1. The molecule has 2 rings (SSSR count). The average molecular weight is 317 g/mol. The van der Waals surface area contributed by atoms with Gasteiger partial charge in [-0.25, -0.2) is 0 Å². The van der Waals surface area contributed by atoms with Crippen molar-refractivity contribution in [1.82, 2.24) is 5.16 Å². The van der Waals surface area contributed by atoms with Gasteiger partial charge in [0.05, 0.1) is 0 Å². The molecule has 0 saturated carbocycles. The summed E-state index contributed by atoms with van der Waals surface area (Å²) in [5, 5.41) is 9.03. The van der Waals surface area contributed by atoms with Gasteiger partial charge in [-0.15, -0.1) is 0 Å². The molecule has 2 N–H and O–H groups in total. The van der Waals surface area contributed by atoms with Gasteiger partial charge >= 0.3 is 0 Å². The molecular formula is C16H19N3O4. The number of anilines is 2. The Morgan fingerprint density at radius 1 is 1.26 bits per heavy atom. The molecule has 2 aromatic rings. The van der Waals surface area contributed by atoms with E-state index in [1.54, 1.807) is 37.3 Å². The molecule has 1 aromatic heterocycles. The molecule has 0 aliphatic rings. The first-order valence-electron chi connectivity index (χ1n) is 7.26. The minimum atomic E-state index is -0.654. The Morgan fingerprint density at radius 3 is 2.48 bits per heavy atom. The van der Waals surface area contributed by atoms with Gasteiger partial charge in [-0.3, -0.25) is 9.59 Å². The lowest BCUT2D eigenvalue weighted by atomic mass is 10.2. The van der Waals surface area contributed by atoms with Crippen molar-refractivity contribution in [3.63, 3.8) is 0 Å². The van der Waals surface area contributed by atoms with E-state index in [1.165, 1.54) is 6.92 Å². The van der Waals surface area contributed by atoms with Crippen LogP contribution in [0.3, 0.4) is 0 Å². The lowest BCUT2D eigenvalue weighted by Gasteiger charge is -2.16. The van der Waals surface area contributed by atoms with Crippen LogP contribution in [-0.4, -0.2) is 23.1 Å². The number of amides is 2. The summed E-state index contributed by atoms with van der Waals surface area (Å²) >= 11 is 0. The van der Waals surface area contributed by atoms with Crippen LogP contribution >= 0.6 is 0 Å². The molecule has 0 radical (unpaired) electrons. The van der Waals surface area contributed by atoms with Crippen LogP contribution in [0.1, 0.15) is 26.0 Å². The number of aryl methyl sites for hydroxylation is 1. The van der Waals surface area contributed by atoms with Gasteiger partial charge in [0.15, 0.2) is 11.9 Å². The maximum Gasteiger partial charge on any atom is 0.266 e. The Morgan fingerprint density at radius 2 is 1.96 bits per heavy atom. The van der Waals surface area contributed by atoms with Gasteiger partial charge in [0.25, 0.3) is 5.91 Å². The molecule has 7 nitrogen and oxygen atoms in total. The van der Waals surface area contributed by atoms with Crippen molar-refractivity contribution >= 4 is 23.3 Å². The molecule has 0 saturated heterocycles. The quantitative estimate of drug-likeness (QED) is 0.854. The summed E-state index contributed by atoms with van der Waals surface area (Å²) in [6.07, 6.45) is -0.158. The molecule has 0 unspecified atom stereocenters. The maximum absolute atomic E-state index is 12.2. The fourth-order valence-corrected chi connectivity index (χ4v) is 1.94. The van der Waals surface area contributed by atoms with Gasteiger partial charge in [-0.2, -0.15) is 0 Å². The Bertz CT molecular complexity index is 679. The minimum Gasteiger partial charge on any atom is -0.481 e. The topological polar surface area (TPSA) is 93.5 Å². The van der Waals surface area contributed by atoms with E-state index >= 15 is 0 Å². The maximum atomic E-state index is 12.2. The van der Waals surface area contributed by atoms with Crippen LogP contribution < -0.4 is 15.4 Å². The van der Waals surface area contributed by atoms with Crippen molar-refractivity contribution in [2.24, 2.45) is 0 Å². The molecule has 2 amide bonds. The second kappa shape index (κ2) is 7.44. The molecule has 0 spiro atoms. The van der Waals surface area contributed by atoms with Crippen molar-refractivity contribution in [1.29, 1.82) is 0 Å². The van der Waals surface area contributed by atoms with Gasteiger partial charge in [0.2, 0.25) is 5.91 Å². The summed E-state index contributed by atoms with van der Waals surface area (Å²) < 4.78 is 10.6. The molecule has 1 atom stereocenters. The Labute approximate surface area is 134 Å². The van der Waals surface area contributed by atoms with Gasteiger partial charge in [0.1, 0.15) is 11.5 Å². The van der Waals surface area contributed by atoms with Crippen molar-refractivity contribution in [3.8, 4) is 5.75 Å². The van der Waals surface area contributed by atoms with Crippen LogP contribution in [0.5, 0.6) is 5.75 Å². The van der Waals surface area contributed by atoms with E-state index in [-0.39, 0.29) is 11.8 Å². The Kier molecular flexibility index (Phi) is 5.35. The summed E-state index contributed by atoms with van der Waals surface area (Å²) in [6.45, 7) is 5.03. The zero-order valence-electron chi connectivity index (χ0n) is 13.3. The molecule has 1 aromatic carbocycles. The predicted molar refractivity (Wildman–Crippen MR) is 85.3 cm³/mol. The van der Waals surface area contributed by atoms with Gasteiger partial charge in [-0.1, -0.05) is 12.1 Å². The van der Waals surface area contributed by atoms with Crippen LogP contribution in [0.2, 0.25) is 0 Å². The van der Waals surface area contributed by atoms with Crippen LogP contribution in [0.15, 0.2) is 34.9 Å². The number of benzene rings is 1. The minimum absolute atomic E-state index is 0.146. The summed E-state index contributed by atoms with van der Waals surface area (Å²) in [6, 6.07) is 8.44. The molecule has 1 heterocycles. The Balaban J connectivity index is 1.98. The SMILES string of the molecule is CC[C@@H](Oc1ccc(NC(C)=O)cc1)C(=O)Nc1cc(C)on1. The second-order valence-electron chi connectivity index (χ2n) is 5.03. The van der Waals surface area contributed by atoms with Crippen LogP contribution in [0, 0.1) is 6.92 Å². The first kappa shape index (κ1) is 16.5. The number of aromatic nitrogens is 1. The van der Waals surface area contributed by atoms with E-state index in [0.29, 0.717) is 29.4 Å². The number of hydrogen-bond acceptors (Lipinski definition) is 5. The smallest absolute Gasteiger partial charge is 0.266 e. The van der Waals surface area contributed by atoms with E-state index in [9.17, 15) is 9.59 Å². The number of carbonyl (C=O) groups excluding carboxylic acids is 2. The summed E-state index contributed by atoms with van der Waals surface area (Å²) in [4.78, 5) is 23.2. The molecule has 0 aliphatic heterocycles. The highest BCUT2D eigenvalue weighted by molar-refractivity contribution is 5.93. The lowest BCUT2D eigenvalue weighted by molar-refractivity contribution is -0.122. The first-order chi connectivity index (χ1) is 11.0. The molecule has 0 bridgehead atoms. The third-order valence-electron chi connectivity index (χ3n) is 3.00. The van der Waals surface area contributed by atoms with E-state index < -0.39 is 6.10 Å². The Hall–Kier alpha value is -2.83. The van der Waals surface area contributed by atoms with E-state index in [1.807, 2.05) is 6.92 Å². The first-order valence-corrected chi connectivity index (χ1v) is 7.26. The molecule has 122 valence electrons. The fraction of sp³-hybridized carbons (Fsp3) is 0.312. The zero-order valence-corrected chi connectivity index (χ0v) is 13.3. The van der Waals surface area contributed by atoms with E-state index in [2.05, 4.69) is 15.8 Å². The summed E-state index contributed by atoms with van der Waals surface area (Å²) in [7, 11) is 0. The number of carbonyl (C=O) groups is 2. The molecule has 7 heteroatoms. The number of rotatable bonds is 6. The number of nitrogens with zero attached hydrogens (tertiary/aromatic N) is 1. The molecule has 23 heavy (non-hydrogen) atoms. The zero-order chi connectivity index (χ0) is 16.8. The van der Waals surface area contributed by atoms with E-state index in [0.717, 1.165) is 0 Å². The fourth-order valence-electron chi connectivity index (χ4n) is 1.94. The summed E-state index contributed by atoms with van der Waals surface area (Å²) in [5.74, 6) is 1.06. The van der Waals surface area contributed by atoms with E-state index in [4.69, 9.17) is 9.26 Å². The van der Waals surface area contributed by atoms with Crippen molar-refractivity contribution in [2.75, 3.05) is 10.6 Å². The highest BCUT2D eigenvalue weighted by Gasteiger charge is 2.19. The third-order valence-corrected chi connectivity index (χ3v) is 3.00. The van der Waals surface area contributed by atoms with Crippen molar-refractivity contribution in [3.05, 3.63) is 36.1 Å².